The zero-order valence-electron chi connectivity index (χ0n) is 5.37. The number of hydrogen-bond donors (Lipinski definition) is 4. The van der Waals surface area contributed by atoms with Crippen LogP contribution in [0.3, 0.4) is 0 Å². The molecule has 0 aromatic heterocycles. The van der Waals surface area contributed by atoms with E-state index in [4.69, 9.17) is 19.2 Å². The van der Waals surface area contributed by atoms with Crippen LogP contribution in [0.25, 0.3) is 0 Å². The molecule has 0 fully saturated rings. The molecule has 4 nitrogen and oxygen atoms in total. The summed E-state index contributed by atoms with van der Waals surface area (Å²) in [4.78, 5) is 29.3. The predicted molar refractivity (Wildman–Crippen MR) is 22.6 cm³/mol. The van der Waals surface area contributed by atoms with Crippen molar-refractivity contribution in [3.63, 3.8) is 0 Å². The Morgan fingerprint density at radius 2 is 1.00 bits per heavy atom. The van der Waals surface area contributed by atoms with E-state index in [0.717, 1.165) is 0 Å². The van der Waals surface area contributed by atoms with Crippen molar-refractivity contribution in [1.82, 2.24) is 0 Å². The van der Waals surface area contributed by atoms with Crippen LogP contribution in [0, 0.1) is 49.4 Å². The minimum Gasteiger partial charge on any atom is -1.00 e. The second-order valence-electron chi connectivity index (χ2n) is 0.600. The van der Waals surface area contributed by atoms with Crippen molar-refractivity contribution in [2.75, 3.05) is 0 Å². The van der Waals surface area contributed by atoms with Gasteiger partial charge in [0.15, 0.2) is 0 Å². The molecule has 0 aromatic carbocycles. The number of rotatable bonds is 0. The van der Waals surface area contributed by atoms with Gasteiger partial charge in [0.2, 0.25) is 0 Å². The van der Waals surface area contributed by atoms with Gasteiger partial charge in [0.1, 0.15) is 0 Å². The first-order valence-electron chi connectivity index (χ1n) is 0.894. The molecular formula is H6EuO4SiSr. The molecule has 0 saturated carbocycles. The van der Waals surface area contributed by atoms with E-state index in [9.17, 15) is 0 Å². The average Bonchev–Trinajstić information content (AvgIpc) is 0.722. The van der Waals surface area contributed by atoms with Gasteiger partial charge in [-0.1, -0.05) is 0 Å². The Balaban J connectivity index is -0.0000000133. The van der Waals surface area contributed by atoms with Gasteiger partial charge in [-0.05, 0) is 0 Å². The van der Waals surface area contributed by atoms with Crippen LogP contribution in [0.5, 0.6) is 0 Å². The molecule has 7 heavy (non-hydrogen) atoms. The van der Waals surface area contributed by atoms with Crippen molar-refractivity contribution in [3.05, 3.63) is 0 Å². The third kappa shape index (κ3) is 47.5. The van der Waals surface area contributed by atoms with Crippen LogP contribution in [-0.2, 0) is 0 Å². The van der Waals surface area contributed by atoms with Gasteiger partial charge in [-0.2, -0.15) is 0 Å². The first kappa shape index (κ1) is 16.6. The van der Waals surface area contributed by atoms with Crippen LogP contribution in [0.15, 0.2) is 0 Å². The molecule has 0 heterocycles. The summed E-state index contributed by atoms with van der Waals surface area (Å²) in [6.45, 7) is 0. The molecule has 0 rings (SSSR count). The molecule has 0 amide bonds. The van der Waals surface area contributed by atoms with Crippen molar-refractivity contribution in [2.45, 2.75) is 0 Å². The van der Waals surface area contributed by atoms with E-state index >= 15 is 0 Å². The van der Waals surface area contributed by atoms with Crippen molar-refractivity contribution in [1.29, 1.82) is 0 Å². The topological polar surface area (TPSA) is 80.9 Å². The SMILES string of the molecule is O[Si](O)(O)O.[Eu].[H-].[H-].[Sr+2]. The molecule has 0 aliphatic rings. The van der Waals surface area contributed by atoms with Gasteiger partial charge in [-0.15, -0.1) is 0 Å². The third-order valence-corrected chi connectivity index (χ3v) is 0. The molecule has 0 spiro atoms. The molecule has 0 atom stereocenters. The zero-order valence-corrected chi connectivity index (χ0v) is 10.3. The van der Waals surface area contributed by atoms with Crippen molar-refractivity contribution in [3.8, 4) is 0 Å². The standard InChI is InChI=1S/Eu.H4O4Si.Sr.2H/c;1-5(2,3)4;;;/h;1-4H;;;/q;;+2;2*-1. The first-order chi connectivity index (χ1) is 2.00. The first-order valence-corrected chi connectivity index (χ1v) is 2.68. The average molecular weight is 338 g/mol. The molecule has 0 aliphatic carbocycles. The van der Waals surface area contributed by atoms with Crippen molar-refractivity contribution < 1.29 is 71.4 Å². The molecule has 43 valence electrons. The van der Waals surface area contributed by atoms with E-state index in [1.54, 1.807) is 0 Å². The molecule has 0 saturated heterocycles. The van der Waals surface area contributed by atoms with Gasteiger partial charge >= 0.3 is 54.5 Å². The van der Waals surface area contributed by atoms with Crippen molar-refractivity contribution in [2.24, 2.45) is 0 Å². The largest absolute Gasteiger partial charge is 2.00 e. The smallest absolute Gasteiger partial charge is 1.00 e. The Morgan fingerprint density at radius 3 is 1.00 bits per heavy atom. The van der Waals surface area contributed by atoms with Gasteiger partial charge in [0.25, 0.3) is 0 Å². The van der Waals surface area contributed by atoms with Gasteiger partial charge in [-0.3, -0.25) is 0 Å². The quantitative estimate of drug-likeness (QED) is 0.361. The summed E-state index contributed by atoms with van der Waals surface area (Å²) in [6, 6.07) is 0. The monoisotopic (exact) mass is 339 g/mol. The molecule has 7 heteroatoms. The van der Waals surface area contributed by atoms with E-state index in [0.29, 0.717) is 0 Å². The Bertz CT molecular complexity index is 34.0. The second-order valence-corrected chi connectivity index (χ2v) is 1.80. The van der Waals surface area contributed by atoms with E-state index in [1.165, 1.54) is 0 Å². The Labute approximate surface area is 123 Å². The minimum atomic E-state index is -4.61. The normalized spacial score (nSPS) is 8.57. The molecule has 0 aliphatic heterocycles. The summed E-state index contributed by atoms with van der Waals surface area (Å²) in [5.74, 6) is 0. The van der Waals surface area contributed by atoms with Gasteiger partial charge in [0, 0.05) is 49.4 Å². The summed E-state index contributed by atoms with van der Waals surface area (Å²) >= 11 is 0. The van der Waals surface area contributed by atoms with Crippen LogP contribution < -0.4 is 0 Å². The summed E-state index contributed by atoms with van der Waals surface area (Å²) in [6.07, 6.45) is 0. The van der Waals surface area contributed by atoms with E-state index in [2.05, 4.69) is 0 Å². The molecule has 0 bridgehead atoms. The van der Waals surface area contributed by atoms with Crippen LogP contribution in [0.2, 0.25) is 0 Å². The molecule has 1 radical (unpaired) electrons. The molecule has 0 aromatic rings. The Kier molecular flexibility index (Phi) is 17.2. The maximum Gasteiger partial charge on any atom is 2.00 e. The third-order valence-electron chi connectivity index (χ3n) is 0. The van der Waals surface area contributed by atoms with Crippen LogP contribution in [0.4, 0.5) is 0 Å². The fourth-order valence-electron chi connectivity index (χ4n) is 0. The van der Waals surface area contributed by atoms with Crippen LogP contribution >= 0.6 is 0 Å². The predicted octanol–water partition coefficient (Wildman–Crippen LogP) is -2.76. The Hall–Kier alpha value is 3.12. The van der Waals surface area contributed by atoms with E-state index < -0.39 is 9.05 Å². The van der Waals surface area contributed by atoms with Crippen LogP contribution in [0.1, 0.15) is 2.85 Å². The molecule has 4 N–H and O–H groups in total. The number of hydrogen-bond acceptors (Lipinski definition) is 4. The molecule has 0 unspecified atom stereocenters. The van der Waals surface area contributed by atoms with Gasteiger partial charge < -0.3 is 22.0 Å². The van der Waals surface area contributed by atoms with Gasteiger partial charge in [0.05, 0.1) is 0 Å². The summed E-state index contributed by atoms with van der Waals surface area (Å²) in [5, 5.41) is 0. The maximum atomic E-state index is 7.33. The summed E-state index contributed by atoms with van der Waals surface area (Å²) in [5.41, 5.74) is 0. The second kappa shape index (κ2) is 7.23. The van der Waals surface area contributed by atoms with E-state index in [-0.39, 0.29) is 97.7 Å². The molecular weight excluding hydrogens is 332 g/mol. The maximum absolute atomic E-state index is 7.33. The van der Waals surface area contributed by atoms with Crippen molar-refractivity contribution >= 4 is 54.5 Å². The van der Waals surface area contributed by atoms with E-state index in [1.807, 2.05) is 0 Å². The fraction of sp³-hybridized carbons (Fsp3) is 0. The Morgan fingerprint density at radius 1 is 1.00 bits per heavy atom. The fourth-order valence-corrected chi connectivity index (χ4v) is 0. The summed E-state index contributed by atoms with van der Waals surface area (Å²) in [7, 11) is -4.61. The van der Waals surface area contributed by atoms with Crippen LogP contribution in [-0.4, -0.2) is 73.7 Å². The van der Waals surface area contributed by atoms with Gasteiger partial charge in [-0.25, -0.2) is 0 Å². The minimum absolute atomic E-state index is 0. The zero-order chi connectivity index (χ0) is 4.50. The summed E-state index contributed by atoms with van der Waals surface area (Å²) < 4.78 is 0.